The van der Waals surface area contributed by atoms with Gasteiger partial charge in [0.1, 0.15) is 22.2 Å². The lowest BCUT2D eigenvalue weighted by Crippen LogP contribution is -2.32. The number of anilines is 3. The lowest BCUT2D eigenvalue weighted by atomic mass is 10.1. The van der Waals surface area contributed by atoms with Crippen LogP contribution in [0.2, 0.25) is 5.02 Å². The van der Waals surface area contributed by atoms with Gasteiger partial charge >= 0.3 is 0 Å². The maximum atomic E-state index is 13.2. The van der Waals surface area contributed by atoms with Crippen molar-refractivity contribution in [2.75, 3.05) is 22.6 Å². The summed E-state index contributed by atoms with van der Waals surface area (Å²) in [5.74, 6) is -0.799. The Hall–Kier alpha value is -4.01. The topological polar surface area (TPSA) is 97.0 Å². The van der Waals surface area contributed by atoms with E-state index in [1.165, 1.54) is 13.2 Å². The fraction of sp³-hybridized carbons (Fsp3) is 0.148. The number of amides is 3. The Kier molecular flexibility index (Phi) is 7.71. The molecule has 0 spiro atoms. The largest absolute Gasteiger partial charge is 0.495 e. The number of hydrogen-bond donors (Lipinski definition) is 2. The van der Waals surface area contributed by atoms with E-state index >= 15 is 0 Å². The van der Waals surface area contributed by atoms with Gasteiger partial charge in [-0.2, -0.15) is 0 Å². The zero-order valence-corrected chi connectivity index (χ0v) is 21.7. The molecule has 0 unspecified atom stereocenters. The minimum atomic E-state index is -0.728. The predicted molar refractivity (Wildman–Crippen MR) is 144 cm³/mol. The number of ether oxygens (including phenoxy) is 2. The predicted octanol–water partition coefficient (Wildman–Crippen LogP) is 5.82. The quantitative estimate of drug-likeness (QED) is 0.350. The Labute approximate surface area is 223 Å². The van der Waals surface area contributed by atoms with Crippen LogP contribution in [0.15, 0.2) is 77.5 Å². The second kappa shape index (κ2) is 10.9. The van der Waals surface area contributed by atoms with Crippen LogP contribution in [0.25, 0.3) is 0 Å². The van der Waals surface area contributed by atoms with Crippen LogP contribution in [-0.2, 0) is 9.59 Å². The number of halogens is 2. The summed E-state index contributed by atoms with van der Waals surface area (Å²) in [5, 5.41) is 5.70. The molecule has 0 saturated carbocycles. The van der Waals surface area contributed by atoms with Gasteiger partial charge in [0.2, 0.25) is 0 Å². The second-order valence-corrected chi connectivity index (χ2v) is 9.12. The molecule has 0 fully saturated rings. The van der Waals surface area contributed by atoms with Crippen LogP contribution in [0, 0.1) is 0 Å². The minimum Gasteiger partial charge on any atom is -0.495 e. The van der Waals surface area contributed by atoms with Crippen molar-refractivity contribution in [1.29, 1.82) is 0 Å². The Morgan fingerprint density at radius 3 is 2.32 bits per heavy atom. The molecule has 0 atom stereocenters. The number of carbonyl (C=O) groups is 3. The number of benzene rings is 3. The van der Waals surface area contributed by atoms with Crippen molar-refractivity contribution < 1.29 is 23.9 Å². The SMILES string of the molecule is COc1ccc(Cl)cc1N1C(=O)C(Cl)=C(Nc2cccc(C(=O)Nc3ccc(OC(C)C)cc3)c2)C1=O. The van der Waals surface area contributed by atoms with Gasteiger partial charge in [-0.05, 0) is 74.5 Å². The van der Waals surface area contributed by atoms with Crippen LogP contribution in [0.4, 0.5) is 17.1 Å². The molecule has 3 aromatic rings. The molecule has 0 aliphatic carbocycles. The number of nitrogens with one attached hydrogen (secondary N) is 2. The summed E-state index contributed by atoms with van der Waals surface area (Å²) in [6.07, 6.45) is 0.0425. The smallest absolute Gasteiger partial charge is 0.283 e. The maximum absolute atomic E-state index is 13.2. The van der Waals surface area contributed by atoms with Crippen LogP contribution >= 0.6 is 23.2 Å². The van der Waals surface area contributed by atoms with E-state index in [0.29, 0.717) is 27.7 Å². The molecule has 3 amide bonds. The van der Waals surface area contributed by atoms with Crippen LogP contribution in [-0.4, -0.2) is 30.9 Å². The third kappa shape index (κ3) is 5.71. The highest BCUT2D eigenvalue weighted by Crippen LogP contribution is 2.37. The number of imide groups is 1. The summed E-state index contributed by atoms with van der Waals surface area (Å²) in [6.45, 7) is 3.86. The summed E-state index contributed by atoms with van der Waals surface area (Å²) in [6, 6.07) is 18.0. The van der Waals surface area contributed by atoms with Crippen molar-refractivity contribution in [3.8, 4) is 11.5 Å². The molecule has 190 valence electrons. The van der Waals surface area contributed by atoms with Gasteiger partial charge < -0.3 is 20.1 Å². The number of nitrogens with zero attached hydrogens (tertiary/aromatic N) is 1. The van der Waals surface area contributed by atoms with Crippen molar-refractivity contribution in [2.45, 2.75) is 20.0 Å². The van der Waals surface area contributed by atoms with Crippen LogP contribution in [0.5, 0.6) is 11.5 Å². The first-order chi connectivity index (χ1) is 17.7. The summed E-state index contributed by atoms with van der Waals surface area (Å²) in [7, 11) is 1.41. The number of methoxy groups -OCH3 is 1. The minimum absolute atomic E-state index is 0.0425. The van der Waals surface area contributed by atoms with Gasteiger partial charge in [0.15, 0.2) is 0 Å². The van der Waals surface area contributed by atoms with Crippen molar-refractivity contribution in [3.05, 3.63) is 88.0 Å². The van der Waals surface area contributed by atoms with E-state index in [1.807, 2.05) is 13.8 Å². The monoisotopic (exact) mass is 539 g/mol. The molecule has 1 aliphatic heterocycles. The first-order valence-electron chi connectivity index (χ1n) is 11.2. The fourth-order valence-electron chi connectivity index (χ4n) is 3.64. The molecular weight excluding hydrogens is 517 g/mol. The number of rotatable bonds is 8. The van der Waals surface area contributed by atoms with Crippen molar-refractivity contribution in [1.82, 2.24) is 0 Å². The number of hydrogen-bond acceptors (Lipinski definition) is 6. The highest BCUT2D eigenvalue weighted by atomic mass is 35.5. The third-order valence-electron chi connectivity index (χ3n) is 5.29. The average Bonchev–Trinajstić information content (AvgIpc) is 3.08. The molecular formula is C27H23Cl2N3O5. The van der Waals surface area contributed by atoms with Gasteiger partial charge in [0, 0.05) is 22.0 Å². The third-order valence-corrected chi connectivity index (χ3v) is 5.87. The standard InChI is InChI=1S/C27H23Cl2N3O5/c1-15(2)37-20-10-8-18(9-11-20)31-25(33)16-5-4-6-19(13-16)30-24-23(29)26(34)32(27(24)35)21-14-17(28)7-12-22(21)36-3/h4-15,30H,1-3H3,(H,31,33). The fourth-order valence-corrected chi connectivity index (χ4v) is 4.02. The Balaban J connectivity index is 1.51. The average molecular weight is 540 g/mol. The van der Waals surface area contributed by atoms with Gasteiger partial charge in [0.05, 0.1) is 18.9 Å². The molecule has 0 aromatic heterocycles. The van der Waals surface area contributed by atoms with Crippen LogP contribution in [0.3, 0.4) is 0 Å². The molecule has 0 bridgehead atoms. The normalized spacial score (nSPS) is 13.3. The summed E-state index contributed by atoms with van der Waals surface area (Å²) < 4.78 is 10.9. The van der Waals surface area contributed by atoms with Gasteiger partial charge in [-0.25, -0.2) is 4.90 Å². The van der Waals surface area contributed by atoms with E-state index in [0.717, 1.165) is 4.90 Å². The van der Waals surface area contributed by atoms with E-state index in [1.54, 1.807) is 60.7 Å². The van der Waals surface area contributed by atoms with Crippen LogP contribution in [0.1, 0.15) is 24.2 Å². The Bertz CT molecular complexity index is 1400. The van der Waals surface area contributed by atoms with Crippen molar-refractivity contribution in [3.63, 3.8) is 0 Å². The zero-order valence-electron chi connectivity index (χ0n) is 20.2. The van der Waals surface area contributed by atoms with Gasteiger partial charge in [-0.3, -0.25) is 14.4 Å². The van der Waals surface area contributed by atoms with Crippen molar-refractivity contribution >= 4 is 58.0 Å². The number of carbonyl (C=O) groups excluding carboxylic acids is 3. The lowest BCUT2D eigenvalue weighted by Gasteiger charge is -2.18. The zero-order chi connectivity index (χ0) is 26.7. The van der Waals surface area contributed by atoms with E-state index in [-0.39, 0.29) is 34.2 Å². The molecule has 8 nitrogen and oxygen atoms in total. The molecule has 4 rings (SSSR count). The van der Waals surface area contributed by atoms with Crippen molar-refractivity contribution in [2.24, 2.45) is 0 Å². The molecule has 10 heteroatoms. The van der Waals surface area contributed by atoms with E-state index in [9.17, 15) is 14.4 Å². The van der Waals surface area contributed by atoms with E-state index in [4.69, 9.17) is 32.7 Å². The highest BCUT2D eigenvalue weighted by molar-refractivity contribution is 6.53. The summed E-state index contributed by atoms with van der Waals surface area (Å²) in [4.78, 5) is 39.7. The van der Waals surface area contributed by atoms with Gasteiger partial charge in [-0.15, -0.1) is 0 Å². The van der Waals surface area contributed by atoms with Crippen LogP contribution < -0.4 is 25.0 Å². The Morgan fingerprint density at radius 2 is 1.65 bits per heavy atom. The second-order valence-electron chi connectivity index (χ2n) is 8.30. The van der Waals surface area contributed by atoms with Gasteiger partial charge in [-0.1, -0.05) is 29.3 Å². The maximum Gasteiger partial charge on any atom is 0.283 e. The highest BCUT2D eigenvalue weighted by Gasteiger charge is 2.40. The lowest BCUT2D eigenvalue weighted by molar-refractivity contribution is -0.120. The molecule has 1 aliphatic rings. The van der Waals surface area contributed by atoms with Gasteiger partial charge in [0.25, 0.3) is 17.7 Å². The molecule has 2 N–H and O–H groups in total. The molecule has 1 heterocycles. The molecule has 0 radical (unpaired) electrons. The van der Waals surface area contributed by atoms with E-state index in [2.05, 4.69) is 10.6 Å². The first kappa shape index (κ1) is 26.1. The molecule has 0 saturated heterocycles. The van der Waals surface area contributed by atoms with E-state index < -0.39 is 11.8 Å². The summed E-state index contributed by atoms with van der Waals surface area (Å²) >= 11 is 12.3. The molecule has 3 aromatic carbocycles. The Morgan fingerprint density at radius 1 is 0.919 bits per heavy atom. The first-order valence-corrected chi connectivity index (χ1v) is 12.0. The molecule has 37 heavy (non-hydrogen) atoms. The summed E-state index contributed by atoms with van der Waals surface area (Å²) in [5.41, 5.74) is 1.34.